The van der Waals surface area contributed by atoms with Crippen LogP contribution < -0.4 is 11.3 Å². The topological polar surface area (TPSA) is 56.5 Å². The van der Waals surface area contributed by atoms with Gasteiger partial charge in [-0.25, -0.2) is 0 Å². The van der Waals surface area contributed by atoms with Gasteiger partial charge in [-0.15, -0.1) is 0 Å². The van der Waals surface area contributed by atoms with Gasteiger partial charge in [0.15, 0.2) is 0 Å². The molecule has 0 heterocycles. The second-order valence-electron chi connectivity index (χ2n) is 5.19. The minimum absolute atomic E-state index is 0.407. The molecule has 0 aliphatic heterocycles. The summed E-state index contributed by atoms with van der Waals surface area (Å²) in [5.41, 5.74) is 2.97. The van der Waals surface area contributed by atoms with Crippen LogP contribution in [-0.4, -0.2) is 33.0 Å². The van der Waals surface area contributed by atoms with E-state index in [2.05, 4.69) is 12.3 Å². The van der Waals surface area contributed by atoms with E-state index in [1.54, 1.807) is 7.11 Å². The normalized spacial score (nSPS) is 27.0. The molecule has 3 N–H and O–H groups in total. The van der Waals surface area contributed by atoms with Gasteiger partial charge in [-0.3, -0.25) is 11.3 Å². The van der Waals surface area contributed by atoms with Gasteiger partial charge in [-0.1, -0.05) is 19.8 Å². The van der Waals surface area contributed by atoms with Gasteiger partial charge in [-0.2, -0.15) is 0 Å². The average molecular weight is 244 g/mol. The van der Waals surface area contributed by atoms with E-state index in [1.807, 2.05) is 0 Å². The molecule has 1 aliphatic rings. The molecule has 0 aromatic rings. The van der Waals surface area contributed by atoms with E-state index in [0.29, 0.717) is 19.3 Å². The van der Waals surface area contributed by atoms with Gasteiger partial charge in [0, 0.05) is 19.8 Å². The Bertz CT molecular complexity index is 182. The van der Waals surface area contributed by atoms with Crippen molar-refractivity contribution in [3.8, 4) is 0 Å². The zero-order chi connectivity index (χ0) is 12.5. The van der Waals surface area contributed by atoms with Gasteiger partial charge in [0.25, 0.3) is 0 Å². The molecule has 1 atom stereocenters. The summed E-state index contributed by atoms with van der Waals surface area (Å²) in [5.74, 6) is 7.26. The molecule has 1 unspecified atom stereocenters. The molecule has 0 saturated heterocycles. The smallest absolute Gasteiger partial charge is 0.0700 e. The van der Waals surface area contributed by atoms with E-state index < -0.39 is 0 Å². The van der Waals surface area contributed by atoms with Crippen LogP contribution >= 0.6 is 0 Å². The molecular weight excluding hydrogens is 216 g/mol. The second-order valence-corrected chi connectivity index (χ2v) is 5.19. The second kappa shape index (κ2) is 8.86. The fourth-order valence-electron chi connectivity index (χ4n) is 2.60. The minimum Gasteiger partial charge on any atom is -0.382 e. The van der Waals surface area contributed by atoms with Crippen LogP contribution in [0.5, 0.6) is 0 Å². The summed E-state index contributed by atoms with van der Waals surface area (Å²) in [7, 11) is 1.69. The molecule has 1 aliphatic carbocycles. The van der Waals surface area contributed by atoms with Crippen molar-refractivity contribution in [2.45, 2.75) is 45.1 Å². The fourth-order valence-corrected chi connectivity index (χ4v) is 2.60. The van der Waals surface area contributed by atoms with Crippen LogP contribution in [-0.2, 0) is 9.47 Å². The van der Waals surface area contributed by atoms with Crippen LogP contribution in [0.3, 0.4) is 0 Å². The number of ether oxygens (including phenoxy) is 2. The Kier molecular flexibility index (Phi) is 7.77. The van der Waals surface area contributed by atoms with Crippen LogP contribution in [0.1, 0.15) is 39.0 Å². The van der Waals surface area contributed by atoms with E-state index >= 15 is 0 Å². The summed E-state index contributed by atoms with van der Waals surface area (Å²) >= 11 is 0. The fraction of sp³-hybridized carbons (Fsp3) is 1.00. The zero-order valence-corrected chi connectivity index (χ0v) is 11.3. The maximum atomic E-state index is 5.65. The van der Waals surface area contributed by atoms with Gasteiger partial charge >= 0.3 is 0 Å². The maximum absolute atomic E-state index is 5.65. The molecule has 0 bridgehead atoms. The first-order chi connectivity index (χ1) is 8.27. The van der Waals surface area contributed by atoms with Gasteiger partial charge < -0.3 is 9.47 Å². The number of methoxy groups -OCH3 is 1. The highest BCUT2D eigenvalue weighted by molar-refractivity contribution is 4.79. The van der Waals surface area contributed by atoms with E-state index in [4.69, 9.17) is 15.3 Å². The predicted molar refractivity (Wildman–Crippen MR) is 69.5 cm³/mol. The van der Waals surface area contributed by atoms with Gasteiger partial charge in [-0.05, 0) is 31.1 Å². The Hall–Kier alpha value is -0.160. The molecule has 0 aromatic carbocycles. The van der Waals surface area contributed by atoms with Crippen molar-refractivity contribution in [3.05, 3.63) is 0 Å². The Labute approximate surface area is 105 Å². The molecule has 102 valence electrons. The first-order valence-electron chi connectivity index (χ1n) is 6.80. The highest BCUT2D eigenvalue weighted by atomic mass is 16.5. The Morgan fingerprint density at radius 2 is 1.88 bits per heavy atom. The molecule has 0 radical (unpaired) electrons. The lowest BCUT2D eigenvalue weighted by Crippen LogP contribution is -2.42. The third-order valence-corrected chi connectivity index (χ3v) is 3.85. The van der Waals surface area contributed by atoms with E-state index in [9.17, 15) is 0 Å². The standard InChI is InChI=1S/C13H28N2O2/c1-11-3-5-12(6-4-11)13(15-14)7-8-17-10-9-16-2/h11-13,15H,3-10,14H2,1-2H3. The van der Waals surface area contributed by atoms with Crippen LogP contribution in [0.4, 0.5) is 0 Å². The number of hydrazine groups is 1. The van der Waals surface area contributed by atoms with Gasteiger partial charge in [0.1, 0.15) is 0 Å². The lowest BCUT2D eigenvalue weighted by atomic mass is 9.78. The predicted octanol–water partition coefficient (Wildman–Crippen LogP) is 1.70. The third-order valence-electron chi connectivity index (χ3n) is 3.85. The molecule has 0 amide bonds. The average Bonchev–Trinajstić information content (AvgIpc) is 2.35. The molecular formula is C13H28N2O2. The van der Waals surface area contributed by atoms with E-state index in [-0.39, 0.29) is 0 Å². The first-order valence-corrected chi connectivity index (χ1v) is 6.80. The molecule has 1 fully saturated rings. The molecule has 0 spiro atoms. The summed E-state index contributed by atoms with van der Waals surface area (Å²) in [5, 5.41) is 0. The van der Waals surface area contributed by atoms with Gasteiger partial charge in [0.2, 0.25) is 0 Å². The van der Waals surface area contributed by atoms with Crippen molar-refractivity contribution in [1.82, 2.24) is 5.43 Å². The molecule has 1 saturated carbocycles. The quantitative estimate of drug-likeness (QED) is 0.388. The van der Waals surface area contributed by atoms with Crippen molar-refractivity contribution >= 4 is 0 Å². The third kappa shape index (κ3) is 5.82. The Morgan fingerprint density at radius 1 is 1.18 bits per heavy atom. The molecule has 4 heteroatoms. The lowest BCUT2D eigenvalue weighted by molar-refractivity contribution is 0.0606. The maximum Gasteiger partial charge on any atom is 0.0700 e. The Morgan fingerprint density at radius 3 is 2.47 bits per heavy atom. The highest BCUT2D eigenvalue weighted by Gasteiger charge is 2.24. The van der Waals surface area contributed by atoms with Crippen molar-refractivity contribution in [1.29, 1.82) is 0 Å². The van der Waals surface area contributed by atoms with Crippen molar-refractivity contribution in [3.63, 3.8) is 0 Å². The number of hydrogen-bond donors (Lipinski definition) is 2. The van der Waals surface area contributed by atoms with Crippen LogP contribution in [0.2, 0.25) is 0 Å². The van der Waals surface area contributed by atoms with Crippen molar-refractivity contribution in [2.24, 2.45) is 17.7 Å². The van der Waals surface area contributed by atoms with Crippen molar-refractivity contribution in [2.75, 3.05) is 26.9 Å². The SMILES string of the molecule is COCCOCCC(NN)C1CCC(C)CC1. The molecule has 4 nitrogen and oxygen atoms in total. The largest absolute Gasteiger partial charge is 0.382 e. The lowest BCUT2D eigenvalue weighted by Gasteiger charge is -2.32. The summed E-state index contributed by atoms with van der Waals surface area (Å²) in [6, 6.07) is 0.407. The number of hydrogen-bond acceptors (Lipinski definition) is 4. The Balaban J connectivity index is 2.14. The van der Waals surface area contributed by atoms with Crippen LogP contribution in [0.15, 0.2) is 0 Å². The van der Waals surface area contributed by atoms with E-state index in [0.717, 1.165) is 24.9 Å². The number of nitrogens with two attached hydrogens (primary N) is 1. The summed E-state index contributed by atoms with van der Waals surface area (Å²) in [4.78, 5) is 0. The number of nitrogens with one attached hydrogen (secondary N) is 1. The summed E-state index contributed by atoms with van der Waals surface area (Å²) in [6.07, 6.45) is 6.28. The first kappa shape index (κ1) is 14.9. The number of rotatable bonds is 8. The highest BCUT2D eigenvalue weighted by Crippen LogP contribution is 2.31. The summed E-state index contributed by atoms with van der Waals surface area (Å²) < 4.78 is 10.4. The van der Waals surface area contributed by atoms with E-state index in [1.165, 1.54) is 25.7 Å². The molecule has 17 heavy (non-hydrogen) atoms. The zero-order valence-electron chi connectivity index (χ0n) is 11.3. The molecule has 1 rings (SSSR count). The van der Waals surface area contributed by atoms with Crippen LogP contribution in [0, 0.1) is 11.8 Å². The van der Waals surface area contributed by atoms with Crippen LogP contribution in [0.25, 0.3) is 0 Å². The van der Waals surface area contributed by atoms with Crippen molar-refractivity contribution < 1.29 is 9.47 Å². The minimum atomic E-state index is 0.407. The molecule has 0 aromatic heterocycles. The van der Waals surface area contributed by atoms with Gasteiger partial charge in [0.05, 0.1) is 13.2 Å². The monoisotopic (exact) mass is 244 g/mol. The summed E-state index contributed by atoms with van der Waals surface area (Å²) in [6.45, 7) is 4.45.